The molecular weight excluding hydrogens is 216 g/mol. The predicted octanol–water partition coefficient (Wildman–Crippen LogP) is 0.204. The molecule has 0 bridgehead atoms. The Bertz CT molecular complexity index is 434. The number of aliphatic hydroxyl groups is 1. The molecule has 2 N–H and O–H groups in total. The molecule has 0 atom stereocenters. The lowest BCUT2D eigenvalue weighted by molar-refractivity contribution is 0.272. The average molecular weight is 232 g/mol. The van der Waals surface area contributed by atoms with Crippen molar-refractivity contribution in [3.63, 3.8) is 0 Å². The number of aliphatic hydroxyl groups excluding tert-OH is 1. The van der Waals surface area contributed by atoms with Crippen LogP contribution in [0.5, 0.6) is 0 Å². The number of nitrogens with one attached hydrogen (secondary N) is 1. The van der Waals surface area contributed by atoms with Crippen molar-refractivity contribution in [3.8, 4) is 0 Å². The maximum absolute atomic E-state index is 11.7. The van der Waals surface area contributed by atoms with E-state index < -0.39 is 10.0 Å². The minimum Gasteiger partial charge on any atom is -0.390 e. The average Bonchev–Trinajstić information content (AvgIpc) is 2.45. The number of hydrogen-bond acceptors (Lipinski definition) is 3. The van der Waals surface area contributed by atoms with Gasteiger partial charge in [-0.05, 0) is 19.9 Å². The summed E-state index contributed by atoms with van der Waals surface area (Å²) in [7, 11) is -1.76. The molecule has 0 radical (unpaired) electrons. The molecule has 86 valence electrons. The van der Waals surface area contributed by atoms with Crippen molar-refractivity contribution < 1.29 is 13.5 Å². The zero-order chi connectivity index (χ0) is 11.6. The molecule has 5 nitrogen and oxygen atoms in total. The van der Waals surface area contributed by atoms with Crippen LogP contribution >= 0.6 is 0 Å². The first-order valence-electron chi connectivity index (χ1n) is 4.65. The van der Waals surface area contributed by atoms with Crippen LogP contribution in [0.25, 0.3) is 0 Å². The molecule has 1 aromatic heterocycles. The highest BCUT2D eigenvalue weighted by Crippen LogP contribution is 2.13. The maximum atomic E-state index is 11.7. The summed E-state index contributed by atoms with van der Waals surface area (Å²) in [6.07, 6.45) is 1.48. The molecule has 0 amide bonds. The van der Waals surface area contributed by atoms with Gasteiger partial charge < -0.3 is 9.67 Å². The van der Waals surface area contributed by atoms with Gasteiger partial charge in [0.15, 0.2) is 0 Å². The topological polar surface area (TPSA) is 71.3 Å². The lowest BCUT2D eigenvalue weighted by atomic mass is 10.4. The van der Waals surface area contributed by atoms with Crippen LogP contribution in [-0.2, 0) is 23.7 Å². The lowest BCUT2D eigenvalue weighted by Crippen LogP contribution is -2.29. The number of sulfonamides is 1. The van der Waals surface area contributed by atoms with E-state index in [9.17, 15) is 8.42 Å². The largest absolute Gasteiger partial charge is 0.390 e. The van der Waals surface area contributed by atoms with Crippen LogP contribution in [-0.4, -0.2) is 24.1 Å². The van der Waals surface area contributed by atoms with Gasteiger partial charge in [-0.25, -0.2) is 13.1 Å². The summed E-state index contributed by atoms with van der Waals surface area (Å²) in [6.45, 7) is 3.34. The Labute approximate surface area is 89.8 Å². The Kier molecular flexibility index (Phi) is 3.54. The Morgan fingerprint density at radius 1 is 1.53 bits per heavy atom. The molecule has 15 heavy (non-hydrogen) atoms. The minimum atomic E-state index is -3.45. The summed E-state index contributed by atoms with van der Waals surface area (Å²) in [4.78, 5) is 0.183. The van der Waals surface area contributed by atoms with Gasteiger partial charge in [-0.15, -0.1) is 0 Å². The summed E-state index contributed by atoms with van der Waals surface area (Å²) < 4.78 is 27.5. The first-order chi connectivity index (χ1) is 6.86. The minimum absolute atomic E-state index is 0.146. The molecular formula is C9H16N2O3S. The molecule has 0 aliphatic carbocycles. The van der Waals surface area contributed by atoms with Crippen LogP contribution in [0.3, 0.4) is 0 Å². The third-order valence-electron chi connectivity index (χ3n) is 1.95. The smallest absolute Gasteiger partial charge is 0.242 e. The third-order valence-corrected chi connectivity index (χ3v) is 3.57. The molecule has 0 aliphatic rings. The highest BCUT2D eigenvalue weighted by molar-refractivity contribution is 7.89. The molecule has 0 saturated carbocycles. The molecule has 0 unspecified atom stereocenters. The van der Waals surface area contributed by atoms with E-state index in [-0.39, 0.29) is 17.5 Å². The van der Waals surface area contributed by atoms with E-state index in [1.165, 1.54) is 12.3 Å². The molecule has 0 aromatic carbocycles. The van der Waals surface area contributed by atoms with Gasteiger partial charge in [0.25, 0.3) is 0 Å². The van der Waals surface area contributed by atoms with Crippen molar-refractivity contribution in [2.75, 3.05) is 0 Å². The van der Waals surface area contributed by atoms with Crippen molar-refractivity contribution in [1.29, 1.82) is 0 Å². The van der Waals surface area contributed by atoms with E-state index >= 15 is 0 Å². The molecule has 0 spiro atoms. The second-order valence-corrected chi connectivity index (χ2v) is 5.43. The van der Waals surface area contributed by atoms with E-state index in [0.717, 1.165) is 0 Å². The number of rotatable bonds is 4. The number of aryl methyl sites for hydroxylation is 1. The molecule has 1 rings (SSSR count). The SMILES string of the molecule is CC(C)NS(=O)(=O)c1cc(CO)n(C)c1. The summed E-state index contributed by atoms with van der Waals surface area (Å²) in [6, 6.07) is 1.32. The Balaban J connectivity index is 3.05. The van der Waals surface area contributed by atoms with Crippen molar-refractivity contribution in [3.05, 3.63) is 18.0 Å². The van der Waals surface area contributed by atoms with Crippen LogP contribution in [0.4, 0.5) is 0 Å². The first-order valence-corrected chi connectivity index (χ1v) is 6.13. The van der Waals surface area contributed by atoms with E-state index in [1.54, 1.807) is 25.5 Å². The molecule has 6 heteroatoms. The van der Waals surface area contributed by atoms with Crippen molar-refractivity contribution in [2.24, 2.45) is 7.05 Å². The Hall–Kier alpha value is -0.850. The first kappa shape index (κ1) is 12.2. The highest BCUT2D eigenvalue weighted by Gasteiger charge is 2.17. The van der Waals surface area contributed by atoms with E-state index in [1.807, 2.05) is 0 Å². The standard InChI is InChI=1S/C9H16N2O3S/c1-7(2)10-15(13,14)9-4-8(6-12)11(3)5-9/h4-5,7,10,12H,6H2,1-3H3. The van der Waals surface area contributed by atoms with Gasteiger partial charge in [0.2, 0.25) is 10.0 Å². The fourth-order valence-electron chi connectivity index (χ4n) is 1.26. The number of hydrogen-bond donors (Lipinski definition) is 2. The van der Waals surface area contributed by atoms with Crippen LogP contribution in [0.15, 0.2) is 17.2 Å². The van der Waals surface area contributed by atoms with Gasteiger partial charge in [0, 0.05) is 25.0 Å². The predicted molar refractivity (Wildman–Crippen MR) is 56.8 cm³/mol. The lowest BCUT2D eigenvalue weighted by Gasteiger charge is -2.07. The quantitative estimate of drug-likeness (QED) is 0.779. The van der Waals surface area contributed by atoms with E-state index in [0.29, 0.717) is 5.69 Å². The van der Waals surface area contributed by atoms with Crippen LogP contribution in [0.1, 0.15) is 19.5 Å². The molecule has 0 fully saturated rings. The fraction of sp³-hybridized carbons (Fsp3) is 0.556. The maximum Gasteiger partial charge on any atom is 0.242 e. The molecule has 0 aliphatic heterocycles. The summed E-state index contributed by atoms with van der Waals surface area (Å²) in [5, 5.41) is 8.94. The zero-order valence-electron chi connectivity index (χ0n) is 9.06. The Morgan fingerprint density at radius 2 is 2.13 bits per heavy atom. The highest BCUT2D eigenvalue weighted by atomic mass is 32.2. The monoisotopic (exact) mass is 232 g/mol. The van der Waals surface area contributed by atoms with Crippen LogP contribution in [0.2, 0.25) is 0 Å². The van der Waals surface area contributed by atoms with E-state index in [4.69, 9.17) is 5.11 Å². The molecule has 0 saturated heterocycles. The van der Waals surface area contributed by atoms with Crippen molar-refractivity contribution in [2.45, 2.75) is 31.4 Å². The fourth-order valence-corrected chi connectivity index (χ4v) is 2.60. The number of nitrogens with zero attached hydrogens (tertiary/aromatic N) is 1. The summed E-state index contributed by atoms with van der Waals surface area (Å²) in [5.41, 5.74) is 0.569. The van der Waals surface area contributed by atoms with E-state index in [2.05, 4.69) is 4.72 Å². The number of aromatic nitrogens is 1. The van der Waals surface area contributed by atoms with Crippen LogP contribution in [0, 0.1) is 0 Å². The van der Waals surface area contributed by atoms with Gasteiger partial charge in [-0.3, -0.25) is 0 Å². The molecule has 1 aromatic rings. The van der Waals surface area contributed by atoms with Crippen LogP contribution < -0.4 is 4.72 Å². The second kappa shape index (κ2) is 4.34. The molecule has 1 heterocycles. The van der Waals surface area contributed by atoms with Gasteiger partial charge >= 0.3 is 0 Å². The summed E-state index contributed by atoms with van der Waals surface area (Å²) in [5.74, 6) is 0. The van der Waals surface area contributed by atoms with Crippen molar-refractivity contribution >= 4 is 10.0 Å². The zero-order valence-corrected chi connectivity index (χ0v) is 9.87. The van der Waals surface area contributed by atoms with Gasteiger partial charge in [-0.2, -0.15) is 0 Å². The van der Waals surface area contributed by atoms with Crippen molar-refractivity contribution in [1.82, 2.24) is 9.29 Å². The third kappa shape index (κ3) is 2.80. The second-order valence-electron chi connectivity index (χ2n) is 3.71. The normalized spacial score (nSPS) is 12.3. The van der Waals surface area contributed by atoms with Gasteiger partial charge in [-0.1, -0.05) is 0 Å². The summed E-state index contributed by atoms with van der Waals surface area (Å²) >= 11 is 0. The van der Waals surface area contributed by atoms with Gasteiger partial charge in [0.05, 0.1) is 11.5 Å². The van der Waals surface area contributed by atoms with Gasteiger partial charge in [0.1, 0.15) is 0 Å². The Morgan fingerprint density at radius 3 is 2.53 bits per heavy atom.